The van der Waals surface area contributed by atoms with Gasteiger partial charge in [-0.3, -0.25) is 4.79 Å². The van der Waals surface area contributed by atoms with E-state index in [1.54, 1.807) is 4.90 Å². The summed E-state index contributed by atoms with van der Waals surface area (Å²) in [7, 11) is 0. The van der Waals surface area contributed by atoms with Crippen LogP contribution in [0.1, 0.15) is 46.5 Å². The maximum atomic E-state index is 12.6. The summed E-state index contributed by atoms with van der Waals surface area (Å²) in [5.74, 6) is -0.805. The van der Waals surface area contributed by atoms with Crippen molar-refractivity contribution in [2.75, 3.05) is 6.61 Å². The van der Waals surface area contributed by atoms with E-state index in [4.69, 9.17) is 10.5 Å². The molecule has 21 heavy (non-hydrogen) atoms. The Kier molecular flexibility index (Phi) is 4.58. The maximum Gasteiger partial charge on any atom is 0.329 e. The van der Waals surface area contributed by atoms with Crippen LogP contribution in [0, 0.1) is 5.92 Å². The number of fused-ring (bicyclic) bond motifs is 1. The molecule has 0 bridgehead atoms. The van der Waals surface area contributed by atoms with Gasteiger partial charge < -0.3 is 20.5 Å². The summed E-state index contributed by atoms with van der Waals surface area (Å²) < 4.78 is 5.43. The van der Waals surface area contributed by atoms with Crippen molar-refractivity contribution in [1.29, 1.82) is 0 Å². The number of hydrogen-bond acceptors (Lipinski definition) is 5. The van der Waals surface area contributed by atoms with Crippen molar-refractivity contribution in [1.82, 2.24) is 4.90 Å². The summed E-state index contributed by atoms with van der Waals surface area (Å²) in [6.07, 6.45) is 2.91. The molecule has 2 aliphatic heterocycles. The fraction of sp³-hybridized carbons (Fsp3) is 0.867. The van der Waals surface area contributed by atoms with Crippen LogP contribution in [0.15, 0.2) is 0 Å². The average molecular weight is 298 g/mol. The van der Waals surface area contributed by atoms with E-state index in [2.05, 4.69) is 0 Å². The molecule has 0 aromatic heterocycles. The van der Waals surface area contributed by atoms with Crippen LogP contribution in [-0.4, -0.2) is 52.2 Å². The molecule has 120 valence electrons. The van der Waals surface area contributed by atoms with Crippen molar-refractivity contribution in [3.8, 4) is 0 Å². The third-order valence-corrected chi connectivity index (χ3v) is 4.33. The van der Waals surface area contributed by atoms with E-state index >= 15 is 0 Å². The molecule has 2 rings (SSSR count). The predicted molar refractivity (Wildman–Crippen MR) is 77.3 cm³/mol. The molecule has 0 saturated carbocycles. The maximum absolute atomic E-state index is 12.6. The Bertz CT molecular complexity index is 418. The Hall–Kier alpha value is -1.14. The minimum Gasteiger partial charge on any atom is -0.458 e. The molecule has 0 radical (unpaired) electrons. The molecule has 3 N–H and O–H groups in total. The van der Waals surface area contributed by atoms with Gasteiger partial charge in [0.1, 0.15) is 11.6 Å². The van der Waals surface area contributed by atoms with E-state index in [-0.39, 0.29) is 30.4 Å². The molecule has 0 spiro atoms. The van der Waals surface area contributed by atoms with E-state index in [1.807, 2.05) is 20.8 Å². The van der Waals surface area contributed by atoms with Crippen molar-refractivity contribution in [2.24, 2.45) is 11.7 Å². The first-order valence-corrected chi connectivity index (χ1v) is 7.66. The quantitative estimate of drug-likeness (QED) is 0.721. The summed E-state index contributed by atoms with van der Waals surface area (Å²) in [5.41, 5.74) is 5.41. The van der Waals surface area contributed by atoms with Gasteiger partial charge in [-0.1, -0.05) is 0 Å². The van der Waals surface area contributed by atoms with Crippen molar-refractivity contribution < 1.29 is 19.4 Å². The van der Waals surface area contributed by atoms with Crippen molar-refractivity contribution >= 4 is 11.9 Å². The second-order valence-corrected chi connectivity index (χ2v) is 7.07. The van der Waals surface area contributed by atoms with E-state index in [1.165, 1.54) is 0 Å². The molecule has 0 aliphatic carbocycles. The number of ether oxygens (including phenoxy) is 1. The van der Waals surface area contributed by atoms with Crippen molar-refractivity contribution in [3.63, 3.8) is 0 Å². The van der Waals surface area contributed by atoms with Crippen LogP contribution in [0.3, 0.4) is 0 Å². The molecule has 0 aromatic rings. The Morgan fingerprint density at radius 2 is 1.95 bits per heavy atom. The SMILES string of the molecule is CC(C)(C)OC(=O)[C@H]1CC[C@H]2CC[C@@H](CO)[C@@H](N)C(=O)N21. The fourth-order valence-electron chi connectivity index (χ4n) is 3.27. The highest BCUT2D eigenvalue weighted by molar-refractivity contribution is 5.89. The lowest BCUT2D eigenvalue weighted by molar-refractivity contribution is -0.164. The Balaban J connectivity index is 2.17. The van der Waals surface area contributed by atoms with Crippen LogP contribution >= 0.6 is 0 Å². The van der Waals surface area contributed by atoms with Crippen molar-refractivity contribution in [3.05, 3.63) is 0 Å². The number of nitrogens with two attached hydrogens (primary N) is 1. The second kappa shape index (κ2) is 5.93. The molecule has 2 heterocycles. The summed E-state index contributed by atoms with van der Waals surface area (Å²) >= 11 is 0. The number of esters is 1. The molecule has 0 unspecified atom stereocenters. The number of nitrogens with zero attached hydrogens (tertiary/aromatic N) is 1. The standard InChI is InChI=1S/C15H26N2O4/c1-15(2,3)21-14(20)11-7-6-10-5-4-9(8-18)12(16)13(19)17(10)11/h9-12,18H,4-8,16H2,1-3H3/t9-,10+,11+,12+/m0/s1. The number of carbonyl (C=O) groups excluding carboxylic acids is 2. The minimum absolute atomic E-state index is 0.0395. The smallest absolute Gasteiger partial charge is 0.329 e. The molecular formula is C15H26N2O4. The monoisotopic (exact) mass is 298 g/mol. The van der Waals surface area contributed by atoms with Gasteiger partial charge in [0.05, 0.1) is 6.04 Å². The molecule has 2 aliphatic rings. The Morgan fingerprint density at radius 3 is 2.52 bits per heavy atom. The zero-order chi connectivity index (χ0) is 15.8. The van der Waals surface area contributed by atoms with Crippen LogP contribution < -0.4 is 5.73 Å². The predicted octanol–water partition coefficient (Wildman–Crippen LogP) is 0.417. The van der Waals surface area contributed by atoms with E-state index < -0.39 is 17.7 Å². The first kappa shape index (κ1) is 16.2. The summed E-state index contributed by atoms with van der Waals surface area (Å²) in [4.78, 5) is 26.5. The molecule has 0 aromatic carbocycles. The molecular weight excluding hydrogens is 272 g/mol. The lowest BCUT2D eigenvalue weighted by Crippen LogP contribution is -2.53. The number of hydrogen-bond donors (Lipinski definition) is 2. The number of rotatable bonds is 2. The fourth-order valence-corrected chi connectivity index (χ4v) is 3.27. The summed E-state index contributed by atoms with van der Waals surface area (Å²) in [6.45, 7) is 5.35. The van der Waals surface area contributed by atoms with Crippen LogP contribution in [0.5, 0.6) is 0 Å². The third kappa shape index (κ3) is 3.37. The molecule has 2 saturated heterocycles. The van der Waals surface area contributed by atoms with Crippen LogP contribution in [0.2, 0.25) is 0 Å². The van der Waals surface area contributed by atoms with Gasteiger partial charge in [0.15, 0.2) is 0 Å². The zero-order valence-corrected chi connectivity index (χ0v) is 13.0. The van der Waals surface area contributed by atoms with Gasteiger partial charge in [-0.25, -0.2) is 4.79 Å². The van der Waals surface area contributed by atoms with Crippen LogP contribution in [0.4, 0.5) is 0 Å². The summed E-state index contributed by atoms with van der Waals surface area (Å²) in [5, 5.41) is 9.35. The normalized spacial score (nSPS) is 33.6. The van der Waals surface area contributed by atoms with E-state index in [0.717, 1.165) is 12.8 Å². The third-order valence-electron chi connectivity index (χ3n) is 4.33. The van der Waals surface area contributed by atoms with Crippen molar-refractivity contribution in [2.45, 2.75) is 70.2 Å². The Labute approximate surface area is 125 Å². The highest BCUT2D eigenvalue weighted by Crippen LogP contribution is 2.34. The van der Waals surface area contributed by atoms with E-state index in [0.29, 0.717) is 12.8 Å². The lowest BCUT2D eigenvalue weighted by Gasteiger charge is -2.31. The molecule has 1 amide bonds. The number of amides is 1. The number of aliphatic hydroxyl groups excluding tert-OH is 1. The highest BCUT2D eigenvalue weighted by atomic mass is 16.6. The lowest BCUT2D eigenvalue weighted by atomic mass is 9.95. The molecule has 2 fully saturated rings. The Morgan fingerprint density at radius 1 is 1.33 bits per heavy atom. The van der Waals surface area contributed by atoms with Gasteiger partial charge in [0, 0.05) is 18.6 Å². The number of carbonyl (C=O) groups is 2. The first-order valence-electron chi connectivity index (χ1n) is 7.66. The number of aliphatic hydroxyl groups is 1. The zero-order valence-electron chi connectivity index (χ0n) is 13.0. The highest BCUT2D eigenvalue weighted by Gasteiger charge is 2.46. The average Bonchev–Trinajstić information content (AvgIpc) is 2.75. The van der Waals surface area contributed by atoms with Gasteiger partial charge >= 0.3 is 5.97 Å². The van der Waals surface area contributed by atoms with Gasteiger partial charge in [-0.2, -0.15) is 0 Å². The molecule has 4 atom stereocenters. The molecule has 6 nitrogen and oxygen atoms in total. The van der Waals surface area contributed by atoms with Gasteiger partial charge in [0.2, 0.25) is 5.91 Å². The van der Waals surface area contributed by atoms with Gasteiger partial charge in [0.25, 0.3) is 0 Å². The van der Waals surface area contributed by atoms with E-state index in [9.17, 15) is 14.7 Å². The van der Waals surface area contributed by atoms with Gasteiger partial charge in [-0.15, -0.1) is 0 Å². The summed E-state index contributed by atoms with van der Waals surface area (Å²) in [6, 6.07) is -1.23. The topological polar surface area (TPSA) is 92.9 Å². The minimum atomic E-state index is -0.733. The van der Waals surface area contributed by atoms with Gasteiger partial charge in [-0.05, 0) is 46.5 Å². The molecule has 6 heteroatoms. The second-order valence-electron chi connectivity index (χ2n) is 7.07. The largest absolute Gasteiger partial charge is 0.458 e. The van der Waals surface area contributed by atoms with Crippen LogP contribution in [0.25, 0.3) is 0 Å². The first-order chi connectivity index (χ1) is 9.74. The van der Waals surface area contributed by atoms with Crippen LogP contribution in [-0.2, 0) is 14.3 Å².